The molecule has 3 N–H and O–H groups in total. The average molecular weight is 448 g/mol. The molecule has 2 heterocycles. The molecule has 164 valence electrons. The molecule has 0 aliphatic carbocycles. The van der Waals surface area contributed by atoms with Crippen LogP contribution in [0.4, 0.5) is 0 Å². The van der Waals surface area contributed by atoms with Gasteiger partial charge in [0.25, 0.3) is 0 Å². The summed E-state index contributed by atoms with van der Waals surface area (Å²) in [6.45, 7) is 3.08. The minimum Gasteiger partial charge on any atom is -0.508 e. The molecule has 1 aromatic carbocycles. The topological polar surface area (TPSA) is 96.6 Å². The van der Waals surface area contributed by atoms with Crippen molar-refractivity contribution >= 4 is 30.8 Å². The van der Waals surface area contributed by atoms with Crippen molar-refractivity contribution in [1.29, 1.82) is 0 Å². The van der Waals surface area contributed by atoms with Crippen LogP contribution < -0.4 is 5.32 Å². The van der Waals surface area contributed by atoms with Crippen LogP contribution in [0.1, 0.15) is 30.7 Å². The lowest BCUT2D eigenvalue weighted by atomic mass is 9.89. The Hall–Kier alpha value is -1.80. The lowest BCUT2D eigenvalue weighted by molar-refractivity contribution is -0.141. The third kappa shape index (κ3) is 7.85. The van der Waals surface area contributed by atoms with Gasteiger partial charge >= 0.3 is 5.97 Å². The van der Waals surface area contributed by atoms with Gasteiger partial charge in [-0.1, -0.05) is 19.1 Å². The summed E-state index contributed by atoms with van der Waals surface area (Å²) in [5, 5.41) is 21.4. The first-order valence-corrected chi connectivity index (χ1v) is 9.19. The number of nitrogens with one attached hydrogen (secondary N) is 1. The monoisotopic (exact) mass is 447 g/mol. The summed E-state index contributed by atoms with van der Waals surface area (Å²) in [6, 6.07) is 6.63. The van der Waals surface area contributed by atoms with E-state index in [0.717, 1.165) is 24.1 Å². The molecule has 0 unspecified atom stereocenters. The van der Waals surface area contributed by atoms with Gasteiger partial charge in [0.15, 0.2) is 0 Å². The van der Waals surface area contributed by atoms with Crippen LogP contribution in [-0.4, -0.2) is 45.9 Å². The van der Waals surface area contributed by atoms with Gasteiger partial charge in [0.2, 0.25) is 0 Å². The number of carbonyl (C=O) groups is 1. The van der Waals surface area contributed by atoms with Crippen LogP contribution in [0.2, 0.25) is 0 Å². The van der Waals surface area contributed by atoms with Crippen molar-refractivity contribution < 1.29 is 19.7 Å². The van der Waals surface area contributed by atoms with Gasteiger partial charge in [-0.05, 0) is 37.6 Å². The number of hydrogen-bond donors (Lipinski definition) is 3. The quantitative estimate of drug-likeness (QED) is 0.588. The number of aliphatic hydroxyl groups is 1. The predicted molar refractivity (Wildman–Crippen MR) is 117 cm³/mol. The highest BCUT2D eigenvalue weighted by Crippen LogP contribution is 2.28. The molecule has 0 radical (unpaired) electrons. The van der Waals surface area contributed by atoms with E-state index in [1.54, 1.807) is 37.6 Å². The van der Waals surface area contributed by atoms with E-state index in [4.69, 9.17) is 9.84 Å². The van der Waals surface area contributed by atoms with E-state index in [0.29, 0.717) is 19.1 Å². The number of aliphatic hydroxyl groups excluding tert-OH is 1. The van der Waals surface area contributed by atoms with Gasteiger partial charge in [-0.3, -0.25) is 4.79 Å². The summed E-state index contributed by atoms with van der Waals surface area (Å²) in [6.07, 6.45) is 4.83. The number of hydrogen-bond acceptors (Lipinski definition) is 6. The van der Waals surface area contributed by atoms with Crippen molar-refractivity contribution in [2.75, 3.05) is 20.2 Å². The Balaban J connectivity index is 0.000000518. The number of rotatable bonds is 6. The Bertz CT molecular complexity index is 742. The number of benzene rings is 1. The Labute approximate surface area is 184 Å². The van der Waals surface area contributed by atoms with Crippen molar-refractivity contribution in [3.05, 3.63) is 48.0 Å². The summed E-state index contributed by atoms with van der Waals surface area (Å²) < 4.78 is 7.08. The van der Waals surface area contributed by atoms with E-state index in [1.165, 1.54) is 0 Å². The van der Waals surface area contributed by atoms with Crippen LogP contribution in [0.25, 0.3) is 0 Å². The maximum Gasteiger partial charge on any atom is 0.309 e. The van der Waals surface area contributed by atoms with E-state index >= 15 is 0 Å². The summed E-state index contributed by atoms with van der Waals surface area (Å²) in [5.41, 5.74) is 1.89. The number of cyclic esters (lactones) is 1. The number of aryl methyl sites for hydroxylation is 1. The van der Waals surface area contributed by atoms with Crippen LogP contribution in [0, 0.1) is 11.8 Å². The van der Waals surface area contributed by atoms with Gasteiger partial charge in [0.05, 0.1) is 25.0 Å². The van der Waals surface area contributed by atoms with Crippen LogP contribution in [-0.2, 0) is 23.0 Å². The van der Waals surface area contributed by atoms with Gasteiger partial charge in [0, 0.05) is 31.4 Å². The van der Waals surface area contributed by atoms with Crippen molar-refractivity contribution in [3.63, 3.8) is 0 Å². The fourth-order valence-corrected chi connectivity index (χ4v) is 3.20. The Morgan fingerprint density at radius 1 is 1.38 bits per heavy atom. The molecule has 9 heteroatoms. The van der Waals surface area contributed by atoms with Crippen molar-refractivity contribution in [1.82, 2.24) is 14.9 Å². The molecule has 0 saturated carbocycles. The number of aromatic hydroxyl groups is 1. The molecule has 1 aliphatic heterocycles. The second-order valence-corrected chi connectivity index (χ2v) is 6.77. The molecule has 3 atom stereocenters. The first-order valence-electron chi connectivity index (χ1n) is 9.19. The zero-order chi connectivity index (χ0) is 19.8. The van der Waals surface area contributed by atoms with E-state index in [2.05, 4.69) is 10.3 Å². The molecule has 2 aromatic rings. The van der Waals surface area contributed by atoms with E-state index in [1.807, 2.05) is 24.7 Å². The molecule has 0 spiro atoms. The number of esters is 1. The highest BCUT2D eigenvalue weighted by molar-refractivity contribution is 5.85. The maximum absolute atomic E-state index is 11.4. The first kappa shape index (κ1) is 27.2. The molecule has 29 heavy (non-hydrogen) atoms. The van der Waals surface area contributed by atoms with Gasteiger partial charge < -0.3 is 24.8 Å². The zero-order valence-electron chi connectivity index (χ0n) is 16.9. The van der Waals surface area contributed by atoms with Gasteiger partial charge in [-0.2, -0.15) is 0 Å². The number of phenolic OH excluding ortho intramolecular Hbond substituents is 1. The van der Waals surface area contributed by atoms with Crippen molar-refractivity contribution in [2.24, 2.45) is 18.9 Å². The van der Waals surface area contributed by atoms with Gasteiger partial charge in [-0.15, -0.1) is 24.8 Å². The lowest BCUT2D eigenvalue weighted by Gasteiger charge is -2.12. The lowest BCUT2D eigenvalue weighted by Crippen LogP contribution is -2.18. The first-order chi connectivity index (χ1) is 13.0. The molecule has 1 saturated heterocycles. The number of imidazole rings is 1. The molecule has 7 nitrogen and oxygen atoms in total. The predicted octanol–water partition coefficient (Wildman–Crippen LogP) is 2.65. The Morgan fingerprint density at radius 2 is 2.10 bits per heavy atom. The molecule has 3 rings (SSSR count). The molecule has 0 amide bonds. The summed E-state index contributed by atoms with van der Waals surface area (Å²) >= 11 is 0. The average Bonchev–Trinajstić information content (AvgIpc) is 3.21. The normalized spacial score (nSPS) is 18.6. The fourth-order valence-electron chi connectivity index (χ4n) is 3.20. The van der Waals surface area contributed by atoms with Crippen LogP contribution in [0.15, 0.2) is 36.8 Å². The SMILES string of the molecule is CC[C@@H]1C(=O)OC[C@@H]1Cc1cncn1C.CNC[C@H](O)c1cccc(O)c1.Cl.Cl. The number of phenols is 1. The Morgan fingerprint density at radius 3 is 2.66 bits per heavy atom. The van der Waals surface area contributed by atoms with E-state index < -0.39 is 6.10 Å². The molecular formula is C20H31Cl2N3O4. The second-order valence-electron chi connectivity index (χ2n) is 6.77. The smallest absolute Gasteiger partial charge is 0.309 e. The number of ether oxygens (including phenoxy) is 1. The second kappa shape index (κ2) is 13.4. The molecule has 1 aromatic heterocycles. The number of aromatic nitrogens is 2. The summed E-state index contributed by atoms with van der Waals surface area (Å²) in [4.78, 5) is 15.5. The highest BCUT2D eigenvalue weighted by atomic mass is 35.5. The van der Waals surface area contributed by atoms with Crippen LogP contribution >= 0.6 is 24.8 Å². The van der Waals surface area contributed by atoms with E-state index in [9.17, 15) is 9.90 Å². The largest absolute Gasteiger partial charge is 0.508 e. The molecular weight excluding hydrogens is 417 g/mol. The van der Waals surface area contributed by atoms with Crippen molar-refractivity contribution in [3.8, 4) is 5.75 Å². The standard InChI is InChI=1S/C11H16N2O2.C9H13NO2.2ClH/c1-3-10-8(6-15-11(10)14)4-9-5-12-7-13(9)2;1-10-6-9(12)7-3-2-4-8(11)5-7;;/h5,7-8,10H,3-4,6H2,1-2H3;2-5,9-12H,6H2,1H3;2*1H/t8-,10-;9-;;/m00../s1. The van der Waals surface area contributed by atoms with Crippen LogP contribution in [0.5, 0.6) is 5.75 Å². The third-order valence-electron chi connectivity index (χ3n) is 4.79. The third-order valence-corrected chi connectivity index (χ3v) is 4.79. The van der Waals surface area contributed by atoms with Gasteiger partial charge in [-0.25, -0.2) is 4.98 Å². The summed E-state index contributed by atoms with van der Waals surface area (Å²) in [5.74, 6) is 0.533. The number of carbonyl (C=O) groups excluding carboxylic acids is 1. The highest BCUT2D eigenvalue weighted by Gasteiger charge is 2.35. The number of nitrogens with zero attached hydrogens (tertiary/aromatic N) is 2. The minimum atomic E-state index is -0.554. The molecule has 1 aliphatic rings. The zero-order valence-corrected chi connectivity index (χ0v) is 18.6. The minimum absolute atomic E-state index is 0. The molecule has 1 fully saturated rings. The Kier molecular flexibility index (Phi) is 12.6. The summed E-state index contributed by atoms with van der Waals surface area (Å²) in [7, 11) is 3.74. The van der Waals surface area contributed by atoms with E-state index in [-0.39, 0.29) is 42.5 Å². The number of halogens is 2. The fraction of sp³-hybridized carbons (Fsp3) is 0.500. The molecule has 0 bridgehead atoms. The van der Waals surface area contributed by atoms with Gasteiger partial charge in [0.1, 0.15) is 5.75 Å². The van der Waals surface area contributed by atoms with Crippen LogP contribution in [0.3, 0.4) is 0 Å². The number of likely N-dealkylation sites (N-methyl/N-ethyl adjacent to an activating group) is 1. The maximum atomic E-state index is 11.4. The van der Waals surface area contributed by atoms with Crippen molar-refractivity contribution in [2.45, 2.75) is 25.9 Å².